The van der Waals surface area contributed by atoms with E-state index < -0.39 is 5.60 Å². The minimum absolute atomic E-state index is 0.400. The van der Waals surface area contributed by atoms with Crippen LogP contribution in [0.5, 0.6) is 0 Å². The van der Waals surface area contributed by atoms with Crippen LogP contribution in [0.2, 0.25) is 0 Å². The summed E-state index contributed by atoms with van der Waals surface area (Å²) in [6.45, 7) is 4.44. The van der Waals surface area contributed by atoms with Crippen LogP contribution < -0.4 is 0 Å². The van der Waals surface area contributed by atoms with Crippen LogP contribution in [0.25, 0.3) is 0 Å². The average molecular weight is 312 g/mol. The fourth-order valence-corrected chi connectivity index (χ4v) is 3.48. The predicted molar refractivity (Wildman–Crippen MR) is 77.4 cm³/mol. The van der Waals surface area contributed by atoms with E-state index in [0.29, 0.717) is 18.3 Å². The summed E-state index contributed by atoms with van der Waals surface area (Å²) >= 11 is 3.39. The Morgan fingerprint density at radius 3 is 2.83 bits per heavy atom. The van der Waals surface area contributed by atoms with Gasteiger partial charge in [-0.1, -0.05) is 26.7 Å². The first-order valence-electron chi connectivity index (χ1n) is 6.84. The van der Waals surface area contributed by atoms with E-state index in [1.165, 1.54) is 6.42 Å². The lowest BCUT2D eigenvalue weighted by Gasteiger charge is -2.42. The van der Waals surface area contributed by atoms with Crippen LogP contribution in [-0.2, 0) is 6.42 Å². The predicted octanol–water partition coefficient (Wildman–Crippen LogP) is 3.96. The largest absolute Gasteiger partial charge is 0.389 e. The molecule has 2 atom stereocenters. The zero-order chi connectivity index (χ0) is 13.2. The van der Waals surface area contributed by atoms with E-state index in [2.05, 4.69) is 34.8 Å². The fraction of sp³-hybridized carbons (Fsp3) is 0.667. The molecule has 0 aliphatic heterocycles. The first kappa shape index (κ1) is 14.0. The van der Waals surface area contributed by atoms with Gasteiger partial charge in [-0.15, -0.1) is 0 Å². The minimum atomic E-state index is -0.562. The number of hydrogen-bond acceptors (Lipinski definition) is 2. The standard InChI is InChI=1S/C15H22BrNO/c1-11(2)14-5-3-4-8-15(14,18)9-13-7-6-12(16)10-17-13/h6-7,10-11,14,18H,3-5,8-9H2,1-2H3. The maximum absolute atomic E-state index is 11.0. The summed E-state index contributed by atoms with van der Waals surface area (Å²) in [5.41, 5.74) is 0.431. The van der Waals surface area contributed by atoms with Gasteiger partial charge in [-0.05, 0) is 52.7 Å². The van der Waals surface area contributed by atoms with Gasteiger partial charge in [-0.3, -0.25) is 4.98 Å². The van der Waals surface area contributed by atoms with Crippen molar-refractivity contribution in [1.82, 2.24) is 4.98 Å². The number of rotatable bonds is 3. The molecule has 2 nitrogen and oxygen atoms in total. The monoisotopic (exact) mass is 311 g/mol. The average Bonchev–Trinajstić information content (AvgIpc) is 2.32. The van der Waals surface area contributed by atoms with Gasteiger partial charge in [0.05, 0.1) is 5.60 Å². The summed E-state index contributed by atoms with van der Waals surface area (Å²) in [5.74, 6) is 0.933. The summed E-state index contributed by atoms with van der Waals surface area (Å²) < 4.78 is 0.988. The Bertz CT molecular complexity index is 390. The van der Waals surface area contributed by atoms with Gasteiger partial charge in [0, 0.05) is 22.8 Å². The number of hydrogen-bond donors (Lipinski definition) is 1. The van der Waals surface area contributed by atoms with E-state index >= 15 is 0 Å². The Labute approximate surface area is 118 Å². The van der Waals surface area contributed by atoms with Crippen molar-refractivity contribution in [2.75, 3.05) is 0 Å². The molecule has 3 heteroatoms. The second-order valence-electron chi connectivity index (χ2n) is 5.84. The molecular formula is C15H22BrNO. The van der Waals surface area contributed by atoms with Crippen molar-refractivity contribution in [2.24, 2.45) is 11.8 Å². The lowest BCUT2D eigenvalue weighted by Crippen LogP contribution is -2.45. The fourth-order valence-electron chi connectivity index (χ4n) is 3.25. The van der Waals surface area contributed by atoms with Crippen LogP contribution in [0.4, 0.5) is 0 Å². The molecule has 0 spiro atoms. The van der Waals surface area contributed by atoms with Crippen molar-refractivity contribution in [3.8, 4) is 0 Å². The summed E-state index contributed by atoms with van der Waals surface area (Å²) in [5, 5.41) is 11.0. The summed E-state index contributed by atoms with van der Waals surface area (Å²) in [6, 6.07) is 4.01. The van der Waals surface area contributed by atoms with Crippen molar-refractivity contribution in [3.63, 3.8) is 0 Å². The van der Waals surface area contributed by atoms with E-state index in [4.69, 9.17) is 0 Å². The van der Waals surface area contributed by atoms with Gasteiger partial charge in [0.25, 0.3) is 0 Å². The molecule has 0 bridgehead atoms. The third kappa shape index (κ3) is 3.12. The highest BCUT2D eigenvalue weighted by Crippen LogP contribution is 2.40. The number of aliphatic hydroxyl groups is 1. The number of nitrogens with zero attached hydrogens (tertiary/aromatic N) is 1. The molecule has 18 heavy (non-hydrogen) atoms. The van der Waals surface area contributed by atoms with Crippen LogP contribution in [0, 0.1) is 11.8 Å². The van der Waals surface area contributed by atoms with Gasteiger partial charge in [-0.2, -0.15) is 0 Å². The molecule has 1 aromatic rings. The molecule has 2 unspecified atom stereocenters. The molecule has 1 aliphatic rings. The highest BCUT2D eigenvalue weighted by Gasteiger charge is 2.40. The lowest BCUT2D eigenvalue weighted by atomic mass is 9.68. The van der Waals surface area contributed by atoms with Crippen molar-refractivity contribution in [1.29, 1.82) is 0 Å². The van der Waals surface area contributed by atoms with Crippen LogP contribution in [-0.4, -0.2) is 15.7 Å². The van der Waals surface area contributed by atoms with Crippen LogP contribution in [0.1, 0.15) is 45.2 Å². The first-order valence-corrected chi connectivity index (χ1v) is 7.63. The maximum atomic E-state index is 11.0. The summed E-state index contributed by atoms with van der Waals surface area (Å²) in [7, 11) is 0. The molecule has 100 valence electrons. The van der Waals surface area contributed by atoms with Gasteiger partial charge < -0.3 is 5.11 Å². The molecule has 1 saturated carbocycles. The van der Waals surface area contributed by atoms with Gasteiger partial charge in [0.2, 0.25) is 0 Å². The van der Waals surface area contributed by atoms with Gasteiger partial charge >= 0.3 is 0 Å². The topological polar surface area (TPSA) is 33.1 Å². The van der Waals surface area contributed by atoms with Crippen LogP contribution in [0.15, 0.2) is 22.8 Å². The van der Waals surface area contributed by atoms with Crippen LogP contribution in [0.3, 0.4) is 0 Å². The summed E-state index contributed by atoms with van der Waals surface area (Å²) in [6.07, 6.45) is 6.93. The SMILES string of the molecule is CC(C)C1CCCCC1(O)Cc1ccc(Br)cn1. The molecule has 1 fully saturated rings. The lowest BCUT2D eigenvalue weighted by molar-refractivity contribution is -0.0659. The Morgan fingerprint density at radius 2 is 2.22 bits per heavy atom. The minimum Gasteiger partial charge on any atom is -0.389 e. The van der Waals surface area contributed by atoms with Crippen molar-refractivity contribution in [2.45, 2.75) is 51.6 Å². The molecular weight excluding hydrogens is 290 g/mol. The van der Waals surface area contributed by atoms with Crippen molar-refractivity contribution < 1.29 is 5.11 Å². The Balaban J connectivity index is 2.15. The second-order valence-corrected chi connectivity index (χ2v) is 6.76. The van der Waals surface area contributed by atoms with E-state index in [9.17, 15) is 5.11 Å². The maximum Gasteiger partial charge on any atom is 0.0733 e. The van der Waals surface area contributed by atoms with E-state index in [-0.39, 0.29) is 0 Å². The molecule has 2 rings (SSSR count). The van der Waals surface area contributed by atoms with Crippen LogP contribution >= 0.6 is 15.9 Å². The van der Waals surface area contributed by atoms with E-state index in [0.717, 1.165) is 29.4 Å². The summed E-state index contributed by atoms with van der Waals surface area (Å²) in [4.78, 5) is 4.40. The number of aromatic nitrogens is 1. The second kappa shape index (κ2) is 5.70. The highest BCUT2D eigenvalue weighted by atomic mass is 79.9. The number of pyridine rings is 1. The Kier molecular flexibility index (Phi) is 4.44. The molecule has 0 radical (unpaired) electrons. The molecule has 0 aromatic carbocycles. The normalized spacial score (nSPS) is 28.6. The molecule has 1 aliphatic carbocycles. The number of halogens is 1. The van der Waals surface area contributed by atoms with Gasteiger partial charge in [0.1, 0.15) is 0 Å². The zero-order valence-electron chi connectivity index (χ0n) is 11.2. The quantitative estimate of drug-likeness (QED) is 0.916. The molecule has 1 heterocycles. The third-order valence-electron chi connectivity index (χ3n) is 4.15. The zero-order valence-corrected chi connectivity index (χ0v) is 12.8. The first-order chi connectivity index (χ1) is 8.51. The van der Waals surface area contributed by atoms with Crippen molar-refractivity contribution >= 4 is 15.9 Å². The van der Waals surface area contributed by atoms with Crippen molar-refractivity contribution in [3.05, 3.63) is 28.5 Å². The van der Waals surface area contributed by atoms with E-state index in [1.54, 1.807) is 0 Å². The Hall–Kier alpha value is -0.410. The highest BCUT2D eigenvalue weighted by molar-refractivity contribution is 9.10. The van der Waals surface area contributed by atoms with E-state index in [1.807, 2.05) is 18.3 Å². The third-order valence-corrected chi connectivity index (χ3v) is 4.61. The Morgan fingerprint density at radius 1 is 1.44 bits per heavy atom. The smallest absolute Gasteiger partial charge is 0.0733 e. The molecule has 1 N–H and O–H groups in total. The molecule has 0 amide bonds. The molecule has 1 aromatic heterocycles. The van der Waals surface area contributed by atoms with Gasteiger partial charge in [-0.25, -0.2) is 0 Å². The van der Waals surface area contributed by atoms with Gasteiger partial charge in [0.15, 0.2) is 0 Å². The molecule has 0 saturated heterocycles.